The Morgan fingerprint density at radius 2 is 1.42 bits per heavy atom. The summed E-state index contributed by atoms with van der Waals surface area (Å²) in [6.07, 6.45) is -1.32. The van der Waals surface area contributed by atoms with Gasteiger partial charge >= 0.3 is 0 Å². The van der Waals surface area contributed by atoms with E-state index in [1.807, 2.05) is 20.8 Å². The first-order valence-corrected chi connectivity index (χ1v) is 7.35. The van der Waals surface area contributed by atoms with Gasteiger partial charge < -0.3 is 20.1 Å². The van der Waals surface area contributed by atoms with Gasteiger partial charge in [0.15, 0.2) is 12.6 Å². The third-order valence-corrected chi connectivity index (χ3v) is 5.31. The van der Waals surface area contributed by atoms with Crippen molar-refractivity contribution in [3.05, 3.63) is 0 Å². The van der Waals surface area contributed by atoms with Crippen LogP contribution < -0.4 is 0 Å². The minimum absolute atomic E-state index is 0.171. The van der Waals surface area contributed by atoms with Crippen molar-refractivity contribution < 1.29 is 20.1 Å². The Morgan fingerprint density at radius 3 is 1.84 bits per heavy atom. The standard InChI is InChI=1S/C15H28O4/c1-7-8(2)10-6-9(7)11(13(16)17)12(10)14(18)19-15(3,4)5/h7-14,16-18H,6H2,1-5H3. The molecule has 0 amide bonds. The second kappa shape index (κ2) is 4.99. The van der Waals surface area contributed by atoms with Crippen molar-refractivity contribution in [1.82, 2.24) is 0 Å². The molecule has 19 heavy (non-hydrogen) atoms. The molecular formula is C15H28O4. The first-order valence-electron chi connectivity index (χ1n) is 7.35. The fourth-order valence-corrected chi connectivity index (χ4v) is 4.37. The van der Waals surface area contributed by atoms with Crippen LogP contribution in [0.3, 0.4) is 0 Å². The molecule has 0 spiro atoms. The van der Waals surface area contributed by atoms with Crippen molar-refractivity contribution in [1.29, 1.82) is 0 Å². The minimum Gasteiger partial charge on any atom is -0.368 e. The molecule has 0 radical (unpaired) electrons. The molecule has 0 heterocycles. The summed E-state index contributed by atoms with van der Waals surface area (Å²) in [5.74, 6) is 1.15. The van der Waals surface area contributed by atoms with Crippen LogP contribution in [-0.4, -0.2) is 33.5 Å². The topological polar surface area (TPSA) is 69.9 Å². The predicted molar refractivity (Wildman–Crippen MR) is 72.0 cm³/mol. The Balaban J connectivity index is 2.18. The first-order chi connectivity index (χ1) is 8.63. The van der Waals surface area contributed by atoms with Gasteiger partial charge in [0.1, 0.15) is 0 Å². The summed E-state index contributed by atoms with van der Waals surface area (Å²) < 4.78 is 5.67. The van der Waals surface area contributed by atoms with E-state index < -0.39 is 18.2 Å². The highest BCUT2D eigenvalue weighted by Gasteiger charge is 2.59. The third-order valence-electron chi connectivity index (χ3n) is 5.31. The van der Waals surface area contributed by atoms with Crippen molar-refractivity contribution in [2.45, 2.75) is 59.2 Å². The molecule has 2 fully saturated rings. The van der Waals surface area contributed by atoms with Gasteiger partial charge in [-0.3, -0.25) is 0 Å². The number of aliphatic hydroxyl groups excluding tert-OH is 2. The largest absolute Gasteiger partial charge is 0.368 e. The SMILES string of the molecule is CC1C(C)C2CC1C(C(O)O)C2C(O)OC(C)(C)C. The predicted octanol–water partition coefficient (Wildman–Crippen LogP) is 1.58. The summed E-state index contributed by atoms with van der Waals surface area (Å²) in [7, 11) is 0. The van der Waals surface area contributed by atoms with Crippen molar-refractivity contribution >= 4 is 0 Å². The highest BCUT2D eigenvalue weighted by atomic mass is 16.6. The monoisotopic (exact) mass is 272 g/mol. The zero-order valence-electron chi connectivity index (χ0n) is 12.6. The summed E-state index contributed by atoms with van der Waals surface area (Å²) in [6.45, 7) is 10.1. The van der Waals surface area contributed by atoms with Crippen LogP contribution in [0.15, 0.2) is 0 Å². The lowest BCUT2D eigenvalue weighted by Gasteiger charge is -2.42. The molecular weight excluding hydrogens is 244 g/mol. The number of hydrogen-bond donors (Lipinski definition) is 3. The molecule has 0 saturated heterocycles. The zero-order valence-corrected chi connectivity index (χ0v) is 12.6. The van der Waals surface area contributed by atoms with Gasteiger partial charge in [-0.15, -0.1) is 0 Å². The van der Waals surface area contributed by atoms with E-state index in [0.29, 0.717) is 17.8 Å². The molecule has 0 aromatic heterocycles. The average Bonchev–Trinajstić information content (AvgIpc) is 2.74. The van der Waals surface area contributed by atoms with E-state index in [2.05, 4.69) is 13.8 Å². The number of rotatable bonds is 3. The Labute approximate surface area is 115 Å². The molecule has 0 aromatic rings. The van der Waals surface area contributed by atoms with Crippen molar-refractivity contribution in [3.8, 4) is 0 Å². The second-order valence-electron chi connectivity index (χ2n) is 7.47. The second-order valence-corrected chi connectivity index (χ2v) is 7.47. The van der Waals surface area contributed by atoms with Crippen LogP contribution in [0.2, 0.25) is 0 Å². The van der Waals surface area contributed by atoms with Gasteiger partial charge in [0.2, 0.25) is 0 Å². The highest BCUT2D eigenvalue weighted by Crippen LogP contribution is 2.59. The van der Waals surface area contributed by atoms with Gasteiger partial charge in [0, 0.05) is 11.8 Å². The molecule has 4 nitrogen and oxygen atoms in total. The van der Waals surface area contributed by atoms with Crippen molar-refractivity contribution in [2.75, 3.05) is 0 Å². The zero-order chi connectivity index (χ0) is 14.5. The van der Waals surface area contributed by atoms with Crippen LogP contribution >= 0.6 is 0 Å². The Hall–Kier alpha value is -0.160. The molecule has 2 rings (SSSR count). The Bertz CT molecular complexity index is 323. The summed E-state index contributed by atoms with van der Waals surface area (Å²) >= 11 is 0. The summed E-state index contributed by atoms with van der Waals surface area (Å²) in [6, 6.07) is 0. The van der Waals surface area contributed by atoms with E-state index in [-0.39, 0.29) is 17.8 Å². The van der Waals surface area contributed by atoms with Crippen LogP contribution in [0.25, 0.3) is 0 Å². The number of fused-ring (bicyclic) bond motifs is 2. The van der Waals surface area contributed by atoms with Gasteiger partial charge in [0.25, 0.3) is 0 Å². The highest BCUT2D eigenvalue weighted by molar-refractivity contribution is 5.04. The summed E-state index contributed by atoms with van der Waals surface area (Å²) in [5.41, 5.74) is -0.430. The molecule has 7 unspecified atom stereocenters. The van der Waals surface area contributed by atoms with Crippen LogP contribution in [-0.2, 0) is 4.74 Å². The van der Waals surface area contributed by atoms with E-state index in [9.17, 15) is 15.3 Å². The van der Waals surface area contributed by atoms with Crippen LogP contribution in [0, 0.1) is 35.5 Å². The van der Waals surface area contributed by atoms with E-state index in [0.717, 1.165) is 6.42 Å². The van der Waals surface area contributed by atoms with Gasteiger partial charge in [0.05, 0.1) is 5.60 Å². The number of ether oxygens (including phenoxy) is 1. The molecule has 2 saturated carbocycles. The number of aliphatic hydroxyl groups is 3. The maximum atomic E-state index is 10.4. The fourth-order valence-electron chi connectivity index (χ4n) is 4.37. The van der Waals surface area contributed by atoms with Gasteiger partial charge in [-0.2, -0.15) is 0 Å². The Kier molecular flexibility index (Phi) is 4.00. The lowest BCUT2D eigenvalue weighted by atomic mass is 9.69. The van der Waals surface area contributed by atoms with E-state index in [1.165, 1.54) is 0 Å². The number of hydrogen-bond acceptors (Lipinski definition) is 4. The molecule has 4 heteroatoms. The fraction of sp³-hybridized carbons (Fsp3) is 1.00. The van der Waals surface area contributed by atoms with Crippen molar-refractivity contribution in [2.24, 2.45) is 35.5 Å². The Morgan fingerprint density at radius 1 is 0.947 bits per heavy atom. The molecule has 2 aliphatic carbocycles. The van der Waals surface area contributed by atoms with Gasteiger partial charge in [-0.1, -0.05) is 13.8 Å². The van der Waals surface area contributed by atoms with Crippen LogP contribution in [0.5, 0.6) is 0 Å². The lowest BCUT2D eigenvalue weighted by Crippen LogP contribution is -2.46. The van der Waals surface area contributed by atoms with Crippen LogP contribution in [0.1, 0.15) is 41.0 Å². The quantitative estimate of drug-likeness (QED) is 0.682. The molecule has 0 aromatic carbocycles. The maximum Gasteiger partial charge on any atom is 0.158 e. The van der Waals surface area contributed by atoms with Crippen molar-refractivity contribution in [3.63, 3.8) is 0 Å². The smallest absolute Gasteiger partial charge is 0.158 e. The lowest BCUT2D eigenvalue weighted by molar-refractivity contribution is -0.236. The first kappa shape index (κ1) is 15.2. The van der Waals surface area contributed by atoms with Gasteiger partial charge in [-0.05, 0) is 50.9 Å². The van der Waals surface area contributed by atoms with Crippen LogP contribution in [0.4, 0.5) is 0 Å². The third kappa shape index (κ3) is 2.68. The minimum atomic E-state index is -1.37. The summed E-state index contributed by atoms with van der Waals surface area (Å²) in [5, 5.41) is 29.8. The molecule has 3 N–H and O–H groups in total. The molecule has 0 aliphatic heterocycles. The summed E-state index contributed by atoms with van der Waals surface area (Å²) in [4.78, 5) is 0. The molecule has 2 bridgehead atoms. The van der Waals surface area contributed by atoms with E-state index in [4.69, 9.17) is 4.74 Å². The van der Waals surface area contributed by atoms with E-state index >= 15 is 0 Å². The molecule has 7 atom stereocenters. The normalized spacial score (nSPS) is 44.1. The maximum absolute atomic E-state index is 10.4. The molecule has 112 valence electrons. The van der Waals surface area contributed by atoms with Gasteiger partial charge in [-0.25, -0.2) is 0 Å². The average molecular weight is 272 g/mol. The molecule has 2 aliphatic rings. The van der Waals surface area contributed by atoms with E-state index in [1.54, 1.807) is 0 Å².